The van der Waals surface area contributed by atoms with Gasteiger partial charge >= 0.3 is 6.09 Å². The first-order valence-corrected chi connectivity index (χ1v) is 24.6. The van der Waals surface area contributed by atoms with Crippen LogP contribution in [0.5, 0.6) is 0 Å². The molecule has 2 fully saturated rings. The van der Waals surface area contributed by atoms with Crippen LogP contribution in [0.25, 0.3) is 0 Å². The van der Waals surface area contributed by atoms with Crippen LogP contribution >= 0.6 is 0 Å². The van der Waals surface area contributed by atoms with E-state index in [0.717, 1.165) is 109 Å². The van der Waals surface area contributed by atoms with Crippen LogP contribution < -0.4 is 10.6 Å². The highest BCUT2D eigenvalue weighted by Gasteiger charge is 2.54. The van der Waals surface area contributed by atoms with Crippen molar-refractivity contribution in [1.29, 1.82) is 0 Å². The maximum absolute atomic E-state index is 14.4. The van der Waals surface area contributed by atoms with E-state index in [4.69, 9.17) is 4.74 Å². The van der Waals surface area contributed by atoms with Crippen molar-refractivity contribution in [1.82, 2.24) is 20.4 Å². The third-order valence-corrected chi connectivity index (χ3v) is 12.8. The molecule has 0 radical (unpaired) electrons. The summed E-state index contributed by atoms with van der Waals surface area (Å²) in [7, 11) is 0. The summed E-state index contributed by atoms with van der Waals surface area (Å²) in [5.41, 5.74) is -3.58. The molecule has 61 heavy (non-hydrogen) atoms. The molecule has 2 aliphatic rings. The van der Waals surface area contributed by atoms with Crippen molar-refractivity contribution < 1.29 is 23.9 Å². The van der Waals surface area contributed by atoms with E-state index in [2.05, 4.69) is 119 Å². The van der Waals surface area contributed by atoms with Gasteiger partial charge in [-0.15, -0.1) is 0 Å². The highest BCUT2D eigenvalue weighted by atomic mass is 16.6. The number of Topliss-reactive ketones (excluding diaryl/α,β-unsaturated/α-hetero) is 3. The molecule has 1 amide bonds. The molecule has 3 atom stereocenters. The second-order valence-corrected chi connectivity index (χ2v) is 25.5. The van der Waals surface area contributed by atoms with Crippen molar-refractivity contribution in [3.05, 3.63) is 0 Å². The van der Waals surface area contributed by atoms with Gasteiger partial charge in [0, 0.05) is 46.0 Å². The minimum atomic E-state index is -0.763. The number of hydrogen-bond acceptors (Lipinski definition) is 8. The molecule has 2 N–H and O–H groups in total. The molecular weight excluding hydrogens is 761 g/mol. The van der Waals surface area contributed by atoms with E-state index in [1.165, 1.54) is 0 Å². The summed E-state index contributed by atoms with van der Waals surface area (Å²) >= 11 is 0. The molecule has 0 saturated carbocycles. The van der Waals surface area contributed by atoms with Crippen molar-refractivity contribution >= 4 is 23.4 Å². The molecule has 2 heterocycles. The maximum Gasteiger partial charge on any atom is 0.409 e. The Hall–Kier alpha value is -1.84. The third kappa shape index (κ3) is 16.6. The monoisotopic (exact) mass is 859 g/mol. The fourth-order valence-electron chi connectivity index (χ4n) is 10.7. The highest BCUT2D eigenvalue weighted by molar-refractivity contribution is 5.94. The van der Waals surface area contributed by atoms with E-state index in [0.29, 0.717) is 37.7 Å². The number of ether oxygens (including phenoxy) is 1. The molecule has 9 heteroatoms. The molecule has 0 spiro atoms. The molecule has 2 aliphatic heterocycles. The van der Waals surface area contributed by atoms with Gasteiger partial charge in [-0.1, -0.05) is 127 Å². The molecule has 0 aromatic carbocycles. The predicted octanol–water partition coefficient (Wildman–Crippen LogP) is 12.0. The Labute approximate surface area is 376 Å². The Morgan fingerprint density at radius 1 is 0.557 bits per heavy atom. The normalized spacial score (nSPS) is 22.1. The van der Waals surface area contributed by atoms with Gasteiger partial charge in [0.1, 0.15) is 0 Å². The topological polar surface area (TPSA) is 108 Å². The zero-order valence-electron chi connectivity index (χ0n) is 43.3. The van der Waals surface area contributed by atoms with Gasteiger partial charge in [-0.05, 0) is 114 Å². The van der Waals surface area contributed by atoms with E-state index in [-0.39, 0.29) is 39.4 Å². The van der Waals surface area contributed by atoms with E-state index in [9.17, 15) is 19.2 Å². The van der Waals surface area contributed by atoms with E-state index in [1.807, 2.05) is 20.8 Å². The van der Waals surface area contributed by atoms with Crippen LogP contribution in [0.3, 0.4) is 0 Å². The second-order valence-electron chi connectivity index (χ2n) is 25.5. The van der Waals surface area contributed by atoms with Crippen molar-refractivity contribution in [3.8, 4) is 0 Å². The second kappa shape index (κ2) is 21.4. The fraction of sp³-hybridized carbons (Fsp3) is 0.923. The van der Waals surface area contributed by atoms with Crippen molar-refractivity contribution in [2.24, 2.45) is 16.2 Å². The minimum absolute atomic E-state index is 0.0523. The SMILES string of the molecule is CC(C)(C)NC(CCCCCCCCCOC(=O)N1CC[C@@](NC(C)(C)C)(C(=O)C(C)(C)C)C1)(CCCCCC[C@@]1(C(=O)C(C)(C)C)CCCN1C(C)(C)C)C(=O)C(C)(C)C. The average molecular weight is 859 g/mol. The Morgan fingerprint density at radius 2 is 1.05 bits per heavy atom. The third-order valence-electron chi connectivity index (χ3n) is 12.8. The lowest BCUT2D eigenvalue weighted by Gasteiger charge is -2.48. The number of carbonyl (C=O) groups excluding carboxylic acids is 4. The van der Waals surface area contributed by atoms with Crippen molar-refractivity contribution in [3.63, 3.8) is 0 Å². The Bertz CT molecular complexity index is 1430. The number of nitrogens with one attached hydrogen (secondary N) is 2. The van der Waals surface area contributed by atoms with Crippen LogP contribution in [0.4, 0.5) is 4.79 Å². The average Bonchev–Trinajstić information content (AvgIpc) is 3.73. The summed E-state index contributed by atoms with van der Waals surface area (Å²) in [4.78, 5) is 59.3. The van der Waals surface area contributed by atoms with E-state index in [1.54, 1.807) is 4.90 Å². The van der Waals surface area contributed by atoms with Crippen molar-refractivity contribution in [2.75, 3.05) is 26.2 Å². The van der Waals surface area contributed by atoms with Gasteiger partial charge in [0.15, 0.2) is 17.3 Å². The van der Waals surface area contributed by atoms with Gasteiger partial charge in [0.2, 0.25) is 0 Å². The van der Waals surface area contributed by atoms with Crippen LogP contribution in [0.15, 0.2) is 0 Å². The zero-order valence-corrected chi connectivity index (χ0v) is 43.3. The molecule has 0 aliphatic carbocycles. The number of amides is 1. The number of rotatable bonds is 22. The molecule has 2 saturated heterocycles. The van der Waals surface area contributed by atoms with Crippen LogP contribution in [-0.2, 0) is 19.1 Å². The largest absolute Gasteiger partial charge is 0.449 e. The molecular formula is C52H98N4O5. The summed E-state index contributed by atoms with van der Waals surface area (Å²) in [6.07, 6.45) is 16.2. The molecule has 2 rings (SSSR count). The van der Waals surface area contributed by atoms with Crippen LogP contribution in [0.1, 0.15) is 234 Å². The number of hydrogen-bond donors (Lipinski definition) is 2. The Kier molecular flexibility index (Phi) is 19.4. The van der Waals surface area contributed by atoms with E-state index < -0.39 is 21.9 Å². The quantitative estimate of drug-likeness (QED) is 0.104. The van der Waals surface area contributed by atoms with E-state index >= 15 is 0 Å². The first-order chi connectivity index (χ1) is 27.6. The molecule has 0 bridgehead atoms. The summed E-state index contributed by atoms with van der Waals surface area (Å²) in [5.74, 6) is 0.847. The van der Waals surface area contributed by atoms with Crippen molar-refractivity contribution in [2.45, 2.75) is 267 Å². The number of nitrogens with zero attached hydrogens (tertiary/aromatic N) is 2. The number of carbonyl (C=O) groups is 4. The molecule has 0 aromatic rings. The number of ketones is 3. The molecule has 9 nitrogen and oxygen atoms in total. The Balaban J connectivity index is 1.90. The minimum Gasteiger partial charge on any atom is -0.449 e. The van der Waals surface area contributed by atoms with Gasteiger partial charge in [-0.3, -0.25) is 24.6 Å². The summed E-state index contributed by atoms with van der Waals surface area (Å²) < 4.78 is 5.70. The first-order valence-electron chi connectivity index (χ1n) is 24.6. The van der Waals surface area contributed by atoms with Crippen LogP contribution in [-0.4, -0.2) is 92.7 Å². The maximum atomic E-state index is 14.4. The molecule has 1 unspecified atom stereocenters. The van der Waals surface area contributed by atoms with Crippen LogP contribution in [0.2, 0.25) is 0 Å². The summed E-state index contributed by atoms with van der Waals surface area (Å²) in [6, 6.07) is 0. The number of unbranched alkanes of at least 4 members (excludes halogenated alkanes) is 9. The lowest BCUT2D eigenvalue weighted by atomic mass is 9.71. The van der Waals surface area contributed by atoms with Crippen LogP contribution in [0, 0.1) is 16.2 Å². The molecule has 0 aromatic heterocycles. The fourth-order valence-corrected chi connectivity index (χ4v) is 10.7. The zero-order chi connectivity index (χ0) is 46.9. The van der Waals surface area contributed by atoms with Gasteiger partial charge in [0.25, 0.3) is 0 Å². The lowest BCUT2D eigenvalue weighted by molar-refractivity contribution is -0.141. The highest BCUT2D eigenvalue weighted by Crippen LogP contribution is 2.44. The van der Waals surface area contributed by atoms with Gasteiger partial charge in [-0.2, -0.15) is 0 Å². The van der Waals surface area contributed by atoms with Gasteiger partial charge in [-0.25, -0.2) is 4.79 Å². The van der Waals surface area contributed by atoms with Gasteiger partial charge < -0.3 is 15.0 Å². The lowest BCUT2D eigenvalue weighted by Crippen LogP contribution is -2.63. The summed E-state index contributed by atoms with van der Waals surface area (Å²) in [5, 5.41) is 7.45. The first kappa shape index (κ1) is 55.3. The number of likely N-dealkylation sites (tertiary alicyclic amines) is 2. The standard InChI is InChI=1S/C52H98N4O5/c1-44(2,3)40(57)50(53-47(10,11)12,32-27-23-24-28-33-52(42(59)46(7,8)9)34-30-36-56(52)49(16,17)18)31-26-22-20-19-21-25-29-38-61-43(60)55-37-35-51(39-55,54-48(13,14)15)41(58)45(4,5)6/h53-54H,19-39H2,1-18H3/t50?,51-,52-/m0/s1. The van der Waals surface area contributed by atoms with Gasteiger partial charge in [0.05, 0.1) is 23.2 Å². The molecule has 356 valence electrons. The summed E-state index contributed by atoms with van der Waals surface area (Å²) in [6.45, 7) is 40.0. The predicted molar refractivity (Wildman–Crippen MR) is 255 cm³/mol. The smallest absolute Gasteiger partial charge is 0.409 e. The Morgan fingerprint density at radius 3 is 1.51 bits per heavy atom.